The first-order chi connectivity index (χ1) is 13.7. The Morgan fingerprint density at radius 2 is 1.23 bits per heavy atom. The summed E-state index contributed by atoms with van der Waals surface area (Å²) in [6.45, 7) is 33.7. The van der Waals surface area contributed by atoms with Gasteiger partial charge >= 0.3 is 0 Å². The molecule has 0 unspecified atom stereocenters. The summed E-state index contributed by atoms with van der Waals surface area (Å²) in [4.78, 5) is 11.9. The zero-order valence-electron chi connectivity index (χ0n) is 23.5. The number of carbonyl (C=O) groups excluding carboxylic acids is 1. The molecule has 0 N–H and O–H groups in total. The monoisotopic (exact) mass is 470 g/mol. The molecule has 0 aromatic rings. The van der Waals surface area contributed by atoms with E-state index in [1.54, 1.807) is 0 Å². The van der Waals surface area contributed by atoms with Crippen LogP contribution in [0.3, 0.4) is 0 Å². The van der Waals surface area contributed by atoms with E-state index >= 15 is 0 Å². The molecule has 31 heavy (non-hydrogen) atoms. The van der Waals surface area contributed by atoms with E-state index in [0.29, 0.717) is 5.92 Å². The quantitative estimate of drug-likeness (QED) is 0.173. The Labute approximate surface area is 197 Å². The molecule has 0 radical (unpaired) electrons. The maximum atomic E-state index is 11.9. The van der Waals surface area contributed by atoms with Crippen LogP contribution in [0.25, 0.3) is 0 Å². The van der Waals surface area contributed by atoms with Gasteiger partial charge in [-0.15, -0.1) is 0 Å². The lowest BCUT2D eigenvalue weighted by Gasteiger charge is -2.47. The summed E-state index contributed by atoms with van der Waals surface area (Å²) in [5, 5.41) is 0.225. The van der Waals surface area contributed by atoms with Gasteiger partial charge in [0.05, 0.1) is 12.2 Å². The summed E-state index contributed by atoms with van der Waals surface area (Å²) in [7, 11) is -4.03. The fourth-order valence-corrected chi connectivity index (χ4v) is 6.42. The highest BCUT2D eigenvalue weighted by Crippen LogP contribution is 2.43. The van der Waals surface area contributed by atoms with Crippen LogP contribution in [0.1, 0.15) is 82.6 Å². The molecule has 0 saturated carbocycles. The molecule has 0 aliphatic rings. The third-order valence-corrected chi connectivity index (χ3v) is 16.9. The predicted molar refractivity (Wildman–Crippen MR) is 142 cm³/mol. The average molecular weight is 471 g/mol. The first-order valence-electron chi connectivity index (χ1n) is 12.1. The van der Waals surface area contributed by atoms with Gasteiger partial charge < -0.3 is 13.6 Å². The lowest BCUT2D eigenvalue weighted by atomic mass is 9.82. The topological polar surface area (TPSA) is 35.5 Å². The van der Waals surface area contributed by atoms with E-state index in [4.69, 9.17) is 8.85 Å². The fraction of sp³-hybridized carbons (Fsp3) is 0.885. The van der Waals surface area contributed by atoms with Crippen LogP contribution in [0, 0.1) is 17.8 Å². The van der Waals surface area contributed by atoms with Gasteiger partial charge in [0.2, 0.25) is 0 Å². The molecule has 3 nitrogen and oxygen atoms in total. The summed E-state index contributed by atoms with van der Waals surface area (Å²) in [5.41, 5.74) is 1.38. The number of hydrogen-bond donors (Lipinski definition) is 0. The highest BCUT2D eigenvalue weighted by atomic mass is 28.4. The molecule has 0 fully saturated rings. The molecule has 5 atom stereocenters. The minimum absolute atomic E-state index is 0.0490. The van der Waals surface area contributed by atoms with E-state index in [9.17, 15) is 4.79 Å². The molecule has 0 aliphatic carbocycles. The van der Waals surface area contributed by atoms with Crippen molar-refractivity contribution in [1.82, 2.24) is 0 Å². The van der Waals surface area contributed by atoms with Gasteiger partial charge in [-0.05, 0) is 62.5 Å². The van der Waals surface area contributed by atoms with Crippen LogP contribution in [0.4, 0.5) is 0 Å². The number of rotatable bonds is 11. The molecule has 0 heterocycles. The fourth-order valence-electron chi connectivity index (χ4n) is 3.48. The van der Waals surface area contributed by atoms with Crippen LogP contribution in [-0.2, 0) is 13.6 Å². The van der Waals surface area contributed by atoms with Crippen LogP contribution in [0.2, 0.25) is 36.3 Å². The van der Waals surface area contributed by atoms with Gasteiger partial charge in [0, 0.05) is 11.8 Å². The second-order valence-electron chi connectivity index (χ2n) is 12.9. The molecular weight excluding hydrogens is 416 g/mol. The number of aldehydes is 1. The van der Waals surface area contributed by atoms with Crippen molar-refractivity contribution in [2.24, 2.45) is 17.8 Å². The van der Waals surface area contributed by atoms with Crippen LogP contribution in [0.5, 0.6) is 0 Å². The van der Waals surface area contributed by atoms with Crippen LogP contribution in [-0.4, -0.2) is 35.1 Å². The molecular formula is C26H54O3Si2. The maximum Gasteiger partial charge on any atom is 0.192 e. The Morgan fingerprint density at radius 1 is 0.839 bits per heavy atom. The van der Waals surface area contributed by atoms with Crippen LogP contribution < -0.4 is 0 Å². The van der Waals surface area contributed by atoms with Gasteiger partial charge in [0.15, 0.2) is 16.6 Å². The minimum atomic E-state index is -2.04. The molecule has 0 rings (SSSR count). The third kappa shape index (κ3) is 8.56. The smallest absolute Gasteiger partial charge is 0.192 e. The van der Waals surface area contributed by atoms with Gasteiger partial charge in [0.25, 0.3) is 0 Å². The summed E-state index contributed by atoms with van der Waals surface area (Å²) >= 11 is 0. The SMILES string of the molecule is C/C=C(\C)C[C@H](C)[C@H](O[Si](C)(C)C(C)(C)C)[C@@H](C)[C@@H](O[Si](C)(C)C(C)(C)C)[C@H](C)C=O. The molecule has 0 aliphatic heterocycles. The standard InChI is InChI=1S/C26H54O3Si2/c1-16-19(2)17-20(3)23(28-30(12,13)25(6,7)8)22(5)24(21(4)18-27)29-31(14,15)26(9,10)11/h16,18,20-24H,17H2,1-15H3/b19-16+/t20-,21+,22+,23-,24-/m0/s1. The van der Waals surface area contributed by atoms with E-state index < -0.39 is 16.6 Å². The van der Waals surface area contributed by atoms with Crippen molar-refractivity contribution < 1.29 is 13.6 Å². The van der Waals surface area contributed by atoms with Gasteiger partial charge in [-0.25, -0.2) is 0 Å². The molecule has 0 aromatic carbocycles. The van der Waals surface area contributed by atoms with E-state index in [0.717, 1.165) is 12.7 Å². The van der Waals surface area contributed by atoms with E-state index in [1.807, 2.05) is 6.92 Å². The number of hydrogen-bond acceptors (Lipinski definition) is 3. The first kappa shape index (κ1) is 30.8. The van der Waals surface area contributed by atoms with Crippen LogP contribution in [0.15, 0.2) is 11.6 Å². The molecule has 0 aromatic heterocycles. The molecule has 5 heteroatoms. The molecule has 0 bridgehead atoms. The van der Waals surface area contributed by atoms with Gasteiger partial charge in [-0.3, -0.25) is 0 Å². The van der Waals surface area contributed by atoms with Crippen LogP contribution >= 0.6 is 0 Å². The second kappa shape index (κ2) is 11.3. The second-order valence-corrected chi connectivity index (χ2v) is 22.4. The van der Waals surface area contributed by atoms with Gasteiger partial charge in [-0.2, -0.15) is 0 Å². The third-order valence-electron chi connectivity index (χ3n) is 7.94. The Kier molecular flexibility index (Phi) is 11.2. The zero-order chi connectivity index (χ0) is 25.0. The minimum Gasteiger partial charge on any atom is -0.413 e. The largest absolute Gasteiger partial charge is 0.413 e. The van der Waals surface area contributed by atoms with Crippen molar-refractivity contribution in [2.45, 2.75) is 131 Å². The molecule has 0 saturated heterocycles. The maximum absolute atomic E-state index is 11.9. The lowest BCUT2D eigenvalue weighted by Crippen LogP contribution is -2.53. The van der Waals surface area contributed by atoms with E-state index in [1.165, 1.54) is 5.57 Å². The molecule has 0 amide bonds. The highest BCUT2D eigenvalue weighted by Gasteiger charge is 2.46. The highest BCUT2D eigenvalue weighted by molar-refractivity contribution is 6.74. The van der Waals surface area contributed by atoms with Gasteiger partial charge in [-0.1, -0.05) is 74.0 Å². The Bertz CT molecular complexity index is 597. The van der Waals surface area contributed by atoms with Crippen molar-refractivity contribution in [3.05, 3.63) is 11.6 Å². The average Bonchev–Trinajstić information content (AvgIpc) is 2.60. The first-order valence-corrected chi connectivity index (χ1v) is 18.0. The van der Waals surface area contributed by atoms with Crippen molar-refractivity contribution >= 4 is 22.9 Å². The summed E-state index contributed by atoms with van der Waals surface area (Å²) in [6, 6.07) is 0. The van der Waals surface area contributed by atoms with Gasteiger partial charge in [0.1, 0.15) is 6.29 Å². The lowest BCUT2D eigenvalue weighted by molar-refractivity contribution is -0.115. The summed E-state index contributed by atoms with van der Waals surface area (Å²) < 4.78 is 14.0. The number of allylic oxidation sites excluding steroid dienone is 2. The zero-order valence-corrected chi connectivity index (χ0v) is 25.5. The Balaban J connectivity index is 6.24. The summed E-state index contributed by atoms with van der Waals surface area (Å²) in [6.07, 6.45) is 4.18. The normalized spacial score (nSPS) is 19.5. The summed E-state index contributed by atoms with van der Waals surface area (Å²) in [5.74, 6) is 0.317. The van der Waals surface area contributed by atoms with E-state index in [2.05, 4.69) is 102 Å². The molecule has 184 valence electrons. The van der Waals surface area contributed by atoms with Crippen molar-refractivity contribution in [2.75, 3.05) is 0 Å². The van der Waals surface area contributed by atoms with Crippen molar-refractivity contribution in [1.29, 1.82) is 0 Å². The Hall–Kier alpha value is -0.236. The molecule has 0 spiro atoms. The number of carbonyl (C=O) groups is 1. The van der Waals surface area contributed by atoms with Crippen molar-refractivity contribution in [3.63, 3.8) is 0 Å². The Morgan fingerprint density at radius 3 is 1.55 bits per heavy atom. The van der Waals surface area contributed by atoms with E-state index in [-0.39, 0.29) is 34.1 Å². The predicted octanol–water partition coefficient (Wildman–Crippen LogP) is 8.23. The van der Waals surface area contributed by atoms with Crippen molar-refractivity contribution in [3.8, 4) is 0 Å².